The molecule has 138 valence electrons. The van der Waals surface area contributed by atoms with E-state index in [0.29, 0.717) is 0 Å². The van der Waals surface area contributed by atoms with Crippen molar-refractivity contribution >= 4 is 16.2 Å². The summed E-state index contributed by atoms with van der Waals surface area (Å²) in [6.45, 7) is 3.73. The summed E-state index contributed by atoms with van der Waals surface area (Å²) in [5.74, 6) is 1.02. The van der Waals surface area contributed by atoms with Gasteiger partial charge in [0, 0.05) is 0 Å². The number of para-hydroxylation sites is 1. The highest BCUT2D eigenvalue weighted by molar-refractivity contribution is 7.86. The maximum Gasteiger partial charge on any atom is 0.298 e. The predicted molar refractivity (Wildman–Crippen MR) is 100 cm³/mol. The first-order valence-electron chi connectivity index (χ1n) is 8.58. The maximum atomic E-state index is 11.4. The molecule has 0 atom stereocenters. The van der Waals surface area contributed by atoms with E-state index in [0.717, 1.165) is 37.0 Å². The summed E-state index contributed by atoms with van der Waals surface area (Å²) in [6, 6.07) is 13.9. The van der Waals surface area contributed by atoms with Crippen LogP contribution in [0.25, 0.3) is 6.08 Å². The Balaban J connectivity index is 1.56. The second-order valence-corrected chi connectivity index (χ2v) is 7.72. The highest BCUT2D eigenvalue weighted by atomic mass is 32.2. The Morgan fingerprint density at radius 2 is 1.50 bits per heavy atom. The molecule has 26 heavy (non-hydrogen) atoms. The lowest BCUT2D eigenvalue weighted by Gasteiger charge is -2.29. The van der Waals surface area contributed by atoms with Gasteiger partial charge in [0.2, 0.25) is 0 Å². The van der Waals surface area contributed by atoms with E-state index in [-0.39, 0.29) is 22.9 Å². The summed E-state index contributed by atoms with van der Waals surface area (Å²) in [5.41, 5.74) is 1.05. The largest absolute Gasteiger partial charge is 0.490 e. The first-order chi connectivity index (χ1) is 12.5. The molecule has 0 amide bonds. The molecule has 0 aliphatic heterocycles. The van der Waals surface area contributed by atoms with Gasteiger partial charge in [-0.05, 0) is 55.5 Å². The van der Waals surface area contributed by atoms with Crippen molar-refractivity contribution in [2.24, 2.45) is 0 Å². The van der Waals surface area contributed by atoms with Crippen molar-refractivity contribution < 1.29 is 22.4 Å². The number of ether oxygens (including phenoxy) is 2. The molecular formula is C20H22O5S. The fourth-order valence-corrected chi connectivity index (χ4v) is 3.70. The normalized spacial score (nSPS) is 20.3. The van der Waals surface area contributed by atoms with Crippen molar-refractivity contribution in [3.8, 4) is 11.5 Å². The highest BCUT2D eigenvalue weighted by Crippen LogP contribution is 2.30. The van der Waals surface area contributed by atoms with Crippen molar-refractivity contribution in [1.29, 1.82) is 0 Å². The van der Waals surface area contributed by atoms with Gasteiger partial charge < -0.3 is 9.47 Å². The Morgan fingerprint density at radius 1 is 0.923 bits per heavy atom. The zero-order valence-electron chi connectivity index (χ0n) is 14.4. The van der Waals surface area contributed by atoms with Gasteiger partial charge in [0.25, 0.3) is 10.1 Å². The van der Waals surface area contributed by atoms with E-state index in [9.17, 15) is 13.0 Å². The molecule has 0 saturated heterocycles. The van der Waals surface area contributed by atoms with Gasteiger partial charge in [0.15, 0.2) is 0 Å². The van der Waals surface area contributed by atoms with Gasteiger partial charge in [-0.15, -0.1) is 0 Å². The summed E-state index contributed by atoms with van der Waals surface area (Å²) in [7, 11) is -4.30. The van der Waals surface area contributed by atoms with Crippen LogP contribution in [0.5, 0.6) is 11.5 Å². The number of hydrogen-bond acceptors (Lipinski definition) is 4. The van der Waals surface area contributed by atoms with E-state index in [1.54, 1.807) is 24.3 Å². The van der Waals surface area contributed by atoms with E-state index in [1.807, 2.05) is 24.3 Å². The summed E-state index contributed by atoms with van der Waals surface area (Å²) in [5, 5.41) is 0. The average molecular weight is 374 g/mol. The smallest absolute Gasteiger partial charge is 0.298 e. The Morgan fingerprint density at radius 3 is 2.08 bits per heavy atom. The van der Waals surface area contributed by atoms with Crippen molar-refractivity contribution in [1.82, 2.24) is 0 Å². The first-order valence-corrected chi connectivity index (χ1v) is 10.0. The van der Waals surface area contributed by atoms with Crippen LogP contribution >= 0.6 is 0 Å². The molecule has 5 nitrogen and oxygen atoms in total. The molecule has 1 saturated carbocycles. The lowest BCUT2D eigenvalue weighted by atomic mass is 9.95. The minimum absolute atomic E-state index is 0.0964. The summed E-state index contributed by atoms with van der Waals surface area (Å²) in [4.78, 5) is -0.194. The minimum Gasteiger partial charge on any atom is -0.490 e. The third kappa shape index (κ3) is 4.65. The van der Waals surface area contributed by atoms with E-state index < -0.39 is 10.1 Å². The topological polar surface area (TPSA) is 72.8 Å². The molecule has 0 spiro atoms. The Kier molecular flexibility index (Phi) is 5.64. The SMILES string of the molecule is C=Cc1ccc(OC2CCC(Oc3ccccc3S(=O)(=O)O)CC2)cc1. The maximum absolute atomic E-state index is 11.4. The van der Waals surface area contributed by atoms with Gasteiger partial charge in [-0.1, -0.05) is 36.9 Å². The van der Waals surface area contributed by atoms with Gasteiger partial charge in [0.1, 0.15) is 16.4 Å². The van der Waals surface area contributed by atoms with Crippen molar-refractivity contribution in [2.75, 3.05) is 0 Å². The molecule has 1 aliphatic carbocycles. The van der Waals surface area contributed by atoms with E-state index in [2.05, 4.69) is 6.58 Å². The van der Waals surface area contributed by atoms with Crippen molar-refractivity contribution in [3.05, 3.63) is 60.7 Å². The fourth-order valence-electron chi connectivity index (χ4n) is 3.08. The van der Waals surface area contributed by atoms with Crippen LogP contribution in [0.15, 0.2) is 60.0 Å². The van der Waals surface area contributed by atoms with E-state index in [1.165, 1.54) is 6.07 Å². The van der Waals surface area contributed by atoms with E-state index in [4.69, 9.17) is 9.47 Å². The molecule has 0 unspecified atom stereocenters. The molecule has 6 heteroatoms. The van der Waals surface area contributed by atoms with Crippen LogP contribution in [0.4, 0.5) is 0 Å². The van der Waals surface area contributed by atoms with Gasteiger partial charge in [-0.2, -0.15) is 8.42 Å². The van der Waals surface area contributed by atoms with Crippen LogP contribution in [0.1, 0.15) is 31.2 Å². The van der Waals surface area contributed by atoms with Gasteiger partial charge in [-0.3, -0.25) is 4.55 Å². The molecule has 0 bridgehead atoms. The number of benzene rings is 2. The highest BCUT2D eigenvalue weighted by Gasteiger charge is 2.25. The molecule has 1 N–H and O–H groups in total. The minimum atomic E-state index is -4.30. The average Bonchev–Trinajstić information content (AvgIpc) is 2.63. The molecule has 0 heterocycles. The first kappa shape index (κ1) is 18.5. The zero-order chi connectivity index (χ0) is 18.6. The van der Waals surface area contributed by atoms with Crippen molar-refractivity contribution in [3.63, 3.8) is 0 Å². The van der Waals surface area contributed by atoms with Crippen LogP contribution < -0.4 is 9.47 Å². The number of hydrogen-bond donors (Lipinski definition) is 1. The molecule has 1 aliphatic rings. The van der Waals surface area contributed by atoms with Gasteiger partial charge >= 0.3 is 0 Å². The fraction of sp³-hybridized carbons (Fsp3) is 0.300. The molecule has 1 fully saturated rings. The summed E-state index contributed by atoms with van der Waals surface area (Å²) in [6.07, 6.45) is 4.97. The molecule has 0 aromatic heterocycles. The third-order valence-electron chi connectivity index (χ3n) is 4.46. The predicted octanol–water partition coefficient (Wildman–Crippen LogP) is 4.35. The zero-order valence-corrected chi connectivity index (χ0v) is 15.2. The van der Waals surface area contributed by atoms with Crippen LogP contribution in [0.2, 0.25) is 0 Å². The van der Waals surface area contributed by atoms with Crippen LogP contribution in [-0.2, 0) is 10.1 Å². The summed E-state index contributed by atoms with van der Waals surface area (Å²) < 4.78 is 44.0. The molecular weight excluding hydrogens is 352 g/mol. The lowest BCUT2D eigenvalue weighted by molar-refractivity contribution is 0.0788. The Labute approximate surface area is 154 Å². The second kappa shape index (κ2) is 7.93. The van der Waals surface area contributed by atoms with E-state index >= 15 is 0 Å². The van der Waals surface area contributed by atoms with Crippen molar-refractivity contribution in [2.45, 2.75) is 42.8 Å². The van der Waals surface area contributed by atoms with Crippen LogP contribution in [0.3, 0.4) is 0 Å². The quantitative estimate of drug-likeness (QED) is 0.761. The standard InChI is InChI=1S/C20H22O5S/c1-2-15-7-9-16(10-8-15)24-17-11-13-18(14-12-17)25-19-5-3-4-6-20(19)26(21,22)23/h2-10,17-18H,1,11-14H2,(H,21,22,23). The van der Waals surface area contributed by atoms with Gasteiger partial charge in [0.05, 0.1) is 12.2 Å². The molecule has 2 aromatic rings. The summed E-state index contributed by atoms with van der Waals surface area (Å²) >= 11 is 0. The van der Waals surface area contributed by atoms with Crippen LogP contribution in [-0.4, -0.2) is 25.2 Å². The monoisotopic (exact) mass is 374 g/mol. The lowest BCUT2D eigenvalue weighted by Crippen LogP contribution is -2.30. The van der Waals surface area contributed by atoms with Crippen LogP contribution in [0, 0.1) is 0 Å². The Bertz CT molecular complexity index is 850. The molecule has 2 aromatic carbocycles. The second-order valence-electron chi connectivity index (χ2n) is 6.33. The Hall–Kier alpha value is -2.31. The number of rotatable bonds is 6. The third-order valence-corrected chi connectivity index (χ3v) is 5.35. The molecule has 3 rings (SSSR count). The molecule has 0 radical (unpaired) electrons. The van der Waals surface area contributed by atoms with Gasteiger partial charge in [-0.25, -0.2) is 0 Å².